The Bertz CT molecular complexity index is 684. The number of amides is 1. The normalized spacial score (nSPS) is 13.3. The van der Waals surface area contributed by atoms with Gasteiger partial charge < -0.3 is 14.8 Å². The lowest BCUT2D eigenvalue weighted by Gasteiger charge is -2.17. The number of aryl methyl sites for hydroxylation is 1. The summed E-state index contributed by atoms with van der Waals surface area (Å²) >= 11 is 1.54. The van der Waals surface area contributed by atoms with Gasteiger partial charge in [-0.15, -0.1) is 11.3 Å². The van der Waals surface area contributed by atoms with Crippen LogP contribution in [-0.4, -0.2) is 24.6 Å². The summed E-state index contributed by atoms with van der Waals surface area (Å²) in [7, 11) is 1.65. The molecule has 0 radical (unpaired) electrons. The second-order valence-corrected chi connectivity index (χ2v) is 6.46. The minimum absolute atomic E-state index is 0.00275. The molecule has 6 heteroatoms. The summed E-state index contributed by atoms with van der Waals surface area (Å²) in [6.45, 7) is 1.74. The van der Waals surface area contributed by atoms with Gasteiger partial charge in [0.05, 0.1) is 31.9 Å². The zero-order chi connectivity index (χ0) is 16.1. The molecule has 0 saturated carbocycles. The van der Waals surface area contributed by atoms with E-state index in [1.54, 1.807) is 18.4 Å². The van der Waals surface area contributed by atoms with E-state index in [4.69, 9.17) is 9.47 Å². The van der Waals surface area contributed by atoms with Crippen LogP contribution in [-0.2, 0) is 35.5 Å². The number of methoxy groups -OCH3 is 1. The van der Waals surface area contributed by atoms with Crippen LogP contribution in [0, 0.1) is 0 Å². The lowest BCUT2D eigenvalue weighted by atomic mass is 10.0. The smallest absolute Gasteiger partial charge is 0.224 e. The van der Waals surface area contributed by atoms with E-state index in [1.807, 2.05) is 17.5 Å². The molecular formula is C17H20N2O3S. The van der Waals surface area contributed by atoms with E-state index >= 15 is 0 Å². The standard InChI is InChI=1S/C17H20N2O3S/c1-21-10-17-19-14(11-23-17)9-18-16(20)8-12-4-5-15-13(7-12)3-2-6-22-15/h4-5,7,11H,2-3,6,8-10H2,1H3,(H,18,20). The number of nitrogens with zero attached hydrogens (tertiary/aromatic N) is 1. The van der Waals surface area contributed by atoms with Crippen LogP contribution >= 0.6 is 11.3 Å². The maximum atomic E-state index is 12.1. The quantitative estimate of drug-likeness (QED) is 0.883. The highest BCUT2D eigenvalue weighted by Crippen LogP contribution is 2.25. The maximum Gasteiger partial charge on any atom is 0.224 e. The number of hydrogen-bond acceptors (Lipinski definition) is 5. The van der Waals surface area contributed by atoms with Crippen LogP contribution in [0.15, 0.2) is 23.6 Å². The Morgan fingerprint density at radius 3 is 3.26 bits per heavy atom. The van der Waals surface area contributed by atoms with Gasteiger partial charge in [0.1, 0.15) is 10.8 Å². The molecule has 5 nitrogen and oxygen atoms in total. The van der Waals surface area contributed by atoms with Crippen molar-refractivity contribution < 1.29 is 14.3 Å². The molecule has 0 atom stereocenters. The van der Waals surface area contributed by atoms with Crippen LogP contribution in [0.1, 0.15) is 28.2 Å². The number of ether oxygens (including phenoxy) is 2. The van der Waals surface area contributed by atoms with Crippen molar-refractivity contribution in [3.63, 3.8) is 0 Å². The van der Waals surface area contributed by atoms with E-state index in [2.05, 4.69) is 16.4 Å². The SMILES string of the molecule is COCc1nc(CNC(=O)Cc2ccc3c(c2)CCCO3)cs1. The van der Waals surface area contributed by atoms with Gasteiger partial charge in [-0.25, -0.2) is 4.98 Å². The Morgan fingerprint density at radius 1 is 1.48 bits per heavy atom. The fraction of sp³-hybridized carbons (Fsp3) is 0.412. The number of benzene rings is 1. The van der Waals surface area contributed by atoms with Crippen LogP contribution < -0.4 is 10.1 Å². The van der Waals surface area contributed by atoms with Crippen molar-refractivity contribution in [1.82, 2.24) is 10.3 Å². The summed E-state index contributed by atoms with van der Waals surface area (Å²) in [5.74, 6) is 0.955. The average molecular weight is 332 g/mol. The first-order valence-corrected chi connectivity index (χ1v) is 8.56. The number of hydrogen-bond donors (Lipinski definition) is 1. The Kier molecular flexibility index (Phi) is 5.25. The van der Waals surface area contributed by atoms with E-state index in [1.165, 1.54) is 5.56 Å². The highest BCUT2D eigenvalue weighted by Gasteiger charge is 2.12. The molecule has 2 heterocycles. The van der Waals surface area contributed by atoms with Gasteiger partial charge in [-0.1, -0.05) is 12.1 Å². The van der Waals surface area contributed by atoms with E-state index in [0.29, 0.717) is 19.6 Å². The Labute approximate surface area is 139 Å². The Morgan fingerprint density at radius 2 is 2.39 bits per heavy atom. The topological polar surface area (TPSA) is 60.5 Å². The second-order valence-electron chi connectivity index (χ2n) is 5.51. The molecular weight excluding hydrogens is 312 g/mol. The van der Waals surface area contributed by atoms with E-state index in [-0.39, 0.29) is 5.91 Å². The number of carbonyl (C=O) groups excluding carboxylic acids is 1. The first-order chi connectivity index (χ1) is 11.2. The second kappa shape index (κ2) is 7.57. The third-order valence-corrected chi connectivity index (χ3v) is 4.54. The van der Waals surface area contributed by atoms with Crippen molar-refractivity contribution in [2.75, 3.05) is 13.7 Å². The fourth-order valence-electron chi connectivity index (χ4n) is 2.58. The monoisotopic (exact) mass is 332 g/mol. The fourth-order valence-corrected chi connectivity index (χ4v) is 3.34. The van der Waals surface area contributed by atoms with Crippen LogP contribution in [0.5, 0.6) is 5.75 Å². The van der Waals surface area contributed by atoms with E-state index in [9.17, 15) is 4.79 Å². The predicted octanol–water partition coefficient (Wildman–Crippen LogP) is 2.47. The van der Waals surface area contributed by atoms with Crippen LogP contribution in [0.3, 0.4) is 0 Å². The number of thiazole rings is 1. The lowest BCUT2D eigenvalue weighted by Crippen LogP contribution is -2.24. The summed E-state index contributed by atoms with van der Waals surface area (Å²) in [6, 6.07) is 6.01. The zero-order valence-electron chi connectivity index (χ0n) is 13.1. The molecule has 2 aromatic rings. The van der Waals surface area contributed by atoms with Gasteiger partial charge in [0.15, 0.2) is 0 Å². The van der Waals surface area contributed by atoms with E-state index < -0.39 is 0 Å². The molecule has 0 bridgehead atoms. The van der Waals surface area contributed by atoms with Gasteiger partial charge in [0.25, 0.3) is 0 Å². The number of carbonyl (C=O) groups is 1. The summed E-state index contributed by atoms with van der Waals surface area (Å²) in [4.78, 5) is 16.5. The highest BCUT2D eigenvalue weighted by molar-refractivity contribution is 7.09. The van der Waals surface area contributed by atoms with Gasteiger partial charge >= 0.3 is 0 Å². The first-order valence-electron chi connectivity index (χ1n) is 7.68. The van der Waals surface area contributed by atoms with Crippen LogP contribution in [0.2, 0.25) is 0 Å². The summed E-state index contributed by atoms with van der Waals surface area (Å²) in [5, 5.41) is 5.79. The first kappa shape index (κ1) is 16.0. The summed E-state index contributed by atoms with van der Waals surface area (Å²) in [6.07, 6.45) is 2.44. The van der Waals surface area contributed by atoms with Gasteiger partial charge in [-0.2, -0.15) is 0 Å². The van der Waals surface area contributed by atoms with Gasteiger partial charge in [-0.3, -0.25) is 4.79 Å². The molecule has 1 N–H and O–H groups in total. The van der Waals surface area contributed by atoms with Crippen molar-refractivity contribution in [2.45, 2.75) is 32.4 Å². The van der Waals surface area contributed by atoms with Gasteiger partial charge in [-0.05, 0) is 30.0 Å². The zero-order valence-corrected chi connectivity index (χ0v) is 13.9. The number of aromatic nitrogens is 1. The number of nitrogens with one attached hydrogen (secondary N) is 1. The molecule has 0 fully saturated rings. The Hall–Kier alpha value is -1.92. The number of fused-ring (bicyclic) bond motifs is 1. The molecule has 1 aromatic heterocycles. The Balaban J connectivity index is 1.52. The largest absolute Gasteiger partial charge is 0.493 e. The minimum atomic E-state index is 0.00275. The van der Waals surface area contributed by atoms with Crippen LogP contribution in [0.4, 0.5) is 0 Å². The third kappa shape index (κ3) is 4.30. The molecule has 0 unspecified atom stereocenters. The molecule has 1 aliphatic heterocycles. The molecule has 0 saturated heterocycles. The van der Waals surface area contributed by atoms with Crippen LogP contribution in [0.25, 0.3) is 0 Å². The molecule has 1 aliphatic rings. The lowest BCUT2D eigenvalue weighted by molar-refractivity contribution is -0.120. The van der Waals surface area contributed by atoms with Crippen molar-refractivity contribution in [1.29, 1.82) is 0 Å². The van der Waals surface area contributed by atoms with Gasteiger partial charge in [0.2, 0.25) is 5.91 Å². The molecule has 23 heavy (non-hydrogen) atoms. The van der Waals surface area contributed by atoms with Crippen molar-refractivity contribution >= 4 is 17.2 Å². The van der Waals surface area contributed by atoms with Gasteiger partial charge in [0, 0.05) is 12.5 Å². The maximum absolute atomic E-state index is 12.1. The molecule has 0 spiro atoms. The van der Waals surface area contributed by atoms with Crippen molar-refractivity contribution in [3.8, 4) is 5.75 Å². The number of rotatable bonds is 6. The molecule has 0 aliphatic carbocycles. The van der Waals surface area contributed by atoms with Crippen molar-refractivity contribution in [2.24, 2.45) is 0 Å². The summed E-state index contributed by atoms with van der Waals surface area (Å²) in [5.41, 5.74) is 3.09. The molecule has 122 valence electrons. The molecule has 1 aromatic carbocycles. The third-order valence-electron chi connectivity index (χ3n) is 3.67. The molecule has 1 amide bonds. The predicted molar refractivity (Wildman–Crippen MR) is 88.6 cm³/mol. The van der Waals surface area contributed by atoms with E-state index in [0.717, 1.165) is 41.5 Å². The highest BCUT2D eigenvalue weighted by atomic mass is 32.1. The molecule has 3 rings (SSSR count). The minimum Gasteiger partial charge on any atom is -0.493 e. The van der Waals surface area contributed by atoms with Crippen molar-refractivity contribution in [3.05, 3.63) is 45.4 Å². The summed E-state index contributed by atoms with van der Waals surface area (Å²) < 4.78 is 10.6. The average Bonchev–Trinajstić information content (AvgIpc) is 3.01.